The Morgan fingerprint density at radius 1 is 0.846 bits per heavy atom. The first-order valence-corrected chi connectivity index (χ1v) is 8.70. The minimum atomic E-state index is -0.643. The van der Waals surface area contributed by atoms with Gasteiger partial charge in [-0.15, -0.1) is 0 Å². The molecule has 0 saturated carbocycles. The van der Waals surface area contributed by atoms with Crippen molar-refractivity contribution < 1.29 is 9.53 Å². The number of ether oxygens (including phenoxy) is 1. The van der Waals surface area contributed by atoms with Gasteiger partial charge in [0, 0.05) is 12.2 Å². The summed E-state index contributed by atoms with van der Waals surface area (Å²) in [5, 5.41) is 6.46. The van der Waals surface area contributed by atoms with Gasteiger partial charge in [-0.1, -0.05) is 66.7 Å². The van der Waals surface area contributed by atoms with Gasteiger partial charge in [-0.2, -0.15) is 0 Å². The molecule has 1 heterocycles. The highest BCUT2D eigenvalue weighted by atomic mass is 16.5. The third kappa shape index (κ3) is 3.46. The number of carbonyl (C=O) groups excluding carboxylic acids is 1. The molecule has 0 spiro atoms. The van der Waals surface area contributed by atoms with E-state index >= 15 is 0 Å². The number of fused-ring (bicyclic) bond motifs is 1. The Kier molecular flexibility index (Phi) is 4.67. The zero-order valence-electron chi connectivity index (χ0n) is 14.3. The van der Waals surface area contributed by atoms with Crippen LogP contribution in [0.15, 0.2) is 84.9 Å². The van der Waals surface area contributed by atoms with Crippen LogP contribution >= 0.6 is 0 Å². The normalized spacial score (nSPS) is 18.7. The smallest absolute Gasteiger partial charge is 0.267 e. The van der Waals surface area contributed by atoms with E-state index in [0.29, 0.717) is 12.3 Å². The van der Waals surface area contributed by atoms with E-state index in [4.69, 9.17) is 4.74 Å². The number of hydrogen-bond donors (Lipinski definition) is 2. The summed E-state index contributed by atoms with van der Waals surface area (Å²) in [6.45, 7) is 0.655. The molecule has 2 N–H and O–H groups in total. The van der Waals surface area contributed by atoms with Crippen LogP contribution < -0.4 is 15.4 Å². The number of nitrogens with one attached hydrogen (secondary N) is 2. The molecule has 0 bridgehead atoms. The lowest BCUT2D eigenvalue weighted by Gasteiger charge is -2.33. The molecule has 0 radical (unpaired) electrons. The van der Waals surface area contributed by atoms with E-state index in [1.165, 1.54) is 0 Å². The standard InChI is InChI=1S/C22H20N2O2/c25-22-21(26-17-11-5-2-6-12-17)20(18-13-7-8-14-19(18)24-22)23-15-16-9-3-1-4-10-16/h1-14,20-21,23H,15H2,(H,24,25)/t20?,21-/m0/s1. The lowest BCUT2D eigenvalue weighted by Crippen LogP contribution is -2.47. The molecule has 3 aromatic rings. The molecule has 1 aliphatic rings. The minimum Gasteiger partial charge on any atom is -0.479 e. The van der Waals surface area contributed by atoms with Crippen molar-refractivity contribution in [1.29, 1.82) is 0 Å². The van der Waals surface area contributed by atoms with Gasteiger partial charge in [0.2, 0.25) is 0 Å². The van der Waals surface area contributed by atoms with E-state index in [1.54, 1.807) is 0 Å². The van der Waals surface area contributed by atoms with E-state index in [2.05, 4.69) is 22.8 Å². The summed E-state index contributed by atoms with van der Waals surface area (Å²) in [5.74, 6) is 0.539. The first kappa shape index (κ1) is 16.4. The lowest BCUT2D eigenvalue weighted by molar-refractivity contribution is -0.124. The molecule has 4 rings (SSSR count). The van der Waals surface area contributed by atoms with Gasteiger partial charge in [-0.05, 0) is 29.3 Å². The van der Waals surface area contributed by atoms with E-state index in [0.717, 1.165) is 16.8 Å². The number of benzene rings is 3. The molecule has 26 heavy (non-hydrogen) atoms. The van der Waals surface area contributed by atoms with Crippen LogP contribution in [0, 0.1) is 0 Å². The SMILES string of the molecule is O=C1Nc2ccccc2C(NCc2ccccc2)[C@@H]1Oc1ccccc1. The van der Waals surface area contributed by atoms with Crippen LogP contribution in [0.1, 0.15) is 17.2 Å². The zero-order chi connectivity index (χ0) is 17.8. The summed E-state index contributed by atoms with van der Waals surface area (Å²) >= 11 is 0. The van der Waals surface area contributed by atoms with E-state index in [9.17, 15) is 4.79 Å². The van der Waals surface area contributed by atoms with Crippen molar-refractivity contribution in [3.8, 4) is 5.75 Å². The maximum Gasteiger partial charge on any atom is 0.267 e. The first-order chi connectivity index (χ1) is 12.8. The fraction of sp³-hybridized carbons (Fsp3) is 0.136. The second kappa shape index (κ2) is 7.42. The maximum absolute atomic E-state index is 12.7. The average molecular weight is 344 g/mol. The fourth-order valence-corrected chi connectivity index (χ4v) is 3.21. The molecule has 0 saturated heterocycles. The van der Waals surface area contributed by atoms with Crippen LogP contribution in [0.5, 0.6) is 5.75 Å². The van der Waals surface area contributed by atoms with Crippen molar-refractivity contribution in [2.24, 2.45) is 0 Å². The second-order valence-electron chi connectivity index (χ2n) is 6.27. The summed E-state index contributed by atoms with van der Waals surface area (Å²) in [4.78, 5) is 12.7. The van der Waals surface area contributed by atoms with Crippen molar-refractivity contribution in [1.82, 2.24) is 5.32 Å². The van der Waals surface area contributed by atoms with Crippen LogP contribution in [0.4, 0.5) is 5.69 Å². The van der Waals surface area contributed by atoms with E-state index in [1.807, 2.05) is 72.8 Å². The Bertz CT molecular complexity index is 881. The van der Waals surface area contributed by atoms with Gasteiger partial charge in [-0.3, -0.25) is 4.79 Å². The Labute approximate surface area is 152 Å². The number of para-hydroxylation sites is 2. The Balaban J connectivity index is 1.63. The quantitative estimate of drug-likeness (QED) is 0.738. The Morgan fingerprint density at radius 3 is 2.27 bits per heavy atom. The third-order valence-electron chi connectivity index (χ3n) is 4.49. The van der Waals surface area contributed by atoms with Crippen molar-refractivity contribution in [2.75, 3.05) is 5.32 Å². The zero-order valence-corrected chi connectivity index (χ0v) is 14.3. The number of anilines is 1. The summed E-state index contributed by atoms with van der Waals surface area (Å²) in [5.41, 5.74) is 3.02. The number of amides is 1. The molecular formula is C22H20N2O2. The van der Waals surface area contributed by atoms with Crippen molar-refractivity contribution in [2.45, 2.75) is 18.7 Å². The number of hydrogen-bond acceptors (Lipinski definition) is 3. The molecule has 2 atom stereocenters. The average Bonchev–Trinajstić information content (AvgIpc) is 2.69. The number of rotatable bonds is 5. The topological polar surface area (TPSA) is 50.4 Å². The lowest BCUT2D eigenvalue weighted by atomic mass is 9.94. The van der Waals surface area contributed by atoms with Gasteiger partial charge < -0.3 is 15.4 Å². The van der Waals surface area contributed by atoms with Gasteiger partial charge in [0.25, 0.3) is 5.91 Å². The fourth-order valence-electron chi connectivity index (χ4n) is 3.21. The monoisotopic (exact) mass is 344 g/mol. The summed E-state index contributed by atoms with van der Waals surface area (Å²) in [6, 6.07) is 27.2. The predicted octanol–water partition coefficient (Wildman–Crippen LogP) is 3.92. The molecule has 130 valence electrons. The molecule has 4 heteroatoms. The molecule has 0 aromatic heterocycles. The van der Waals surface area contributed by atoms with Crippen LogP contribution in [0.25, 0.3) is 0 Å². The molecule has 4 nitrogen and oxygen atoms in total. The highest BCUT2D eigenvalue weighted by Crippen LogP contribution is 2.33. The molecule has 1 aliphatic heterocycles. The van der Waals surface area contributed by atoms with Crippen LogP contribution in [-0.4, -0.2) is 12.0 Å². The summed E-state index contributed by atoms with van der Waals surface area (Å²) in [6.07, 6.45) is -0.643. The van der Waals surface area contributed by atoms with Gasteiger partial charge in [0.1, 0.15) is 5.75 Å². The summed E-state index contributed by atoms with van der Waals surface area (Å²) < 4.78 is 6.05. The predicted molar refractivity (Wildman–Crippen MR) is 102 cm³/mol. The molecule has 3 aromatic carbocycles. The maximum atomic E-state index is 12.7. The van der Waals surface area contributed by atoms with Crippen molar-refractivity contribution >= 4 is 11.6 Å². The largest absolute Gasteiger partial charge is 0.479 e. The number of carbonyl (C=O) groups is 1. The summed E-state index contributed by atoms with van der Waals surface area (Å²) in [7, 11) is 0. The molecule has 1 unspecified atom stereocenters. The van der Waals surface area contributed by atoms with E-state index in [-0.39, 0.29) is 11.9 Å². The van der Waals surface area contributed by atoms with Gasteiger partial charge in [-0.25, -0.2) is 0 Å². The van der Waals surface area contributed by atoms with Gasteiger partial charge in [0.15, 0.2) is 6.10 Å². The highest BCUT2D eigenvalue weighted by Gasteiger charge is 2.37. The minimum absolute atomic E-state index is 0.141. The second-order valence-corrected chi connectivity index (χ2v) is 6.27. The van der Waals surface area contributed by atoms with Crippen LogP contribution in [0.2, 0.25) is 0 Å². The third-order valence-corrected chi connectivity index (χ3v) is 4.49. The Morgan fingerprint density at radius 2 is 1.50 bits per heavy atom. The van der Waals surface area contributed by atoms with Gasteiger partial charge in [0.05, 0.1) is 6.04 Å². The molecular weight excluding hydrogens is 324 g/mol. The molecule has 0 aliphatic carbocycles. The van der Waals surface area contributed by atoms with Crippen molar-refractivity contribution in [3.63, 3.8) is 0 Å². The molecule has 0 fully saturated rings. The van der Waals surface area contributed by atoms with Gasteiger partial charge >= 0.3 is 0 Å². The first-order valence-electron chi connectivity index (χ1n) is 8.70. The molecule has 1 amide bonds. The van der Waals surface area contributed by atoms with Crippen LogP contribution in [0.3, 0.4) is 0 Å². The van der Waals surface area contributed by atoms with Crippen molar-refractivity contribution in [3.05, 3.63) is 96.1 Å². The van der Waals surface area contributed by atoms with E-state index < -0.39 is 6.10 Å². The Hall–Kier alpha value is -3.11. The van der Waals surface area contributed by atoms with Crippen LogP contribution in [-0.2, 0) is 11.3 Å². The highest BCUT2D eigenvalue weighted by molar-refractivity contribution is 5.98.